The fourth-order valence-electron chi connectivity index (χ4n) is 0. The second-order valence-corrected chi connectivity index (χ2v) is 3.03. The maximum Gasteiger partial charge on any atom is 2.00 e. The summed E-state index contributed by atoms with van der Waals surface area (Å²) in [5.41, 5.74) is 9.81. The van der Waals surface area contributed by atoms with E-state index >= 15 is 0 Å². The summed E-state index contributed by atoms with van der Waals surface area (Å²) in [6, 6.07) is 0. The van der Waals surface area contributed by atoms with Gasteiger partial charge >= 0.3 is 19.9 Å². The molecule has 0 fully saturated rings. The molecule has 0 unspecified atom stereocenters. The Morgan fingerprint density at radius 2 is 0.867 bits per heavy atom. The average molecular weight is 318 g/mol. The van der Waals surface area contributed by atoms with Gasteiger partial charge in [0.25, 0.3) is 0 Å². The Bertz CT molecular complexity index is 257. The van der Waals surface area contributed by atoms with Crippen LogP contribution < -0.4 is 11.5 Å². The summed E-state index contributed by atoms with van der Waals surface area (Å²) in [6.07, 6.45) is 0. The molecule has 99 valence electrons. The van der Waals surface area contributed by atoms with Crippen molar-refractivity contribution < 1.29 is 55.0 Å². The van der Waals surface area contributed by atoms with Gasteiger partial charge in [0.15, 0.2) is 0 Å². The average Bonchev–Trinajstić information content (AvgIpc) is 1.79. The van der Waals surface area contributed by atoms with E-state index in [9.17, 15) is 0 Å². The summed E-state index contributed by atoms with van der Waals surface area (Å²) in [4.78, 5) is 0. The number of rotatable bonds is 1. The molecule has 0 rings (SSSR count). The molecule has 4 N–H and O–H groups in total. The van der Waals surface area contributed by atoms with Gasteiger partial charge < -0.3 is 29.7 Å². The molecule has 0 spiro atoms. The Balaban J connectivity index is -0.0000000247. The number of hydrogen-bond donors (Lipinski definition) is 2. The first kappa shape index (κ1) is 24.4. The van der Waals surface area contributed by atoms with Crippen LogP contribution in [-0.4, -0.2) is 48.1 Å². The Kier molecular flexibility index (Phi) is 19.9. The summed E-state index contributed by atoms with van der Waals surface area (Å²) in [6.45, 7) is 1.19. The molecule has 1 radical (unpaired) electrons. The van der Waals surface area contributed by atoms with Gasteiger partial charge in [-0.2, -0.15) is 0 Å². The molecule has 13 heteroatoms. The van der Waals surface area contributed by atoms with E-state index in [0.717, 1.165) is 0 Å². The van der Waals surface area contributed by atoms with Crippen molar-refractivity contribution in [1.82, 2.24) is 0 Å². The minimum atomic E-state index is -5.17. The molecule has 0 aromatic carbocycles. The van der Waals surface area contributed by atoms with Crippen LogP contribution in [0.4, 0.5) is 0 Å². The minimum absolute atomic E-state index is 0. The van der Waals surface area contributed by atoms with Gasteiger partial charge in [-0.3, -0.25) is 16.8 Å². The van der Waals surface area contributed by atoms with Crippen molar-refractivity contribution in [1.29, 1.82) is 0 Å². The van der Waals surface area contributed by atoms with Crippen molar-refractivity contribution in [2.45, 2.75) is 0 Å². The molecule has 0 saturated carbocycles. The molecular weight excluding hydrogens is 308 g/mol. The van der Waals surface area contributed by atoms with E-state index in [1.807, 2.05) is 0 Å². The van der Waals surface area contributed by atoms with Crippen molar-refractivity contribution in [2.75, 3.05) is 13.1 Å². The zero-order valence-corrected chi connectivity index (χ0v) is 9.53. The van der Waals surface area contributed by atoms with Crippen molar-refractivity contribution in [2.24, 2.45) is 11.5 Å². The monoisotopic (exact) mass is 317 g/mol. The van der Waals surface area contributed by atoms with Crippen LogP contribution in [0.3, 0.4) is 0 Å². The second-order valence-electron chi connectivity index (χ2n) is 1.39. The molecule has 0 heterocycles. The SMILES string of the molecule is NCCN.O=S(=O)([O-])[O-].O=S(=O)([O-])[O-].[Cu+2].[H+].[H+]. The van der Waals surface area contributed by atoms with Gasteiger partial charge in [0.05, 0.1) is 0 Å². The maximum atomic E-state index is 8.52. The van der Waals surface area contributed by atoms with Crippen molar-refractivity contribution in [3.8, 4) is 0 Å². The molecule has 0 amide bonds. The largest absolute Gasteiger partial charge is 2.00 e. The van der Waals surface area contributed by atoms with Gasteiger partial charge in [-0.25, -0.2) is 0 Å². The van der Waals surface area contributed by atoms with Crippen LogP contribution in [0.2, 0.25) is 0 Å². The molecular formula is C2H10CuN2O8S2. The van der Waals surface area contributed by atoms with E-state index in [0.29, 0.717) is 13.1 Å². The van der Waals surface area contributed by atoms with Gasteiger partial charge in [-0.1, -0.05) is 0 Å². The third-order valence-electron chi connectivity index (χ3n) is 0.167. The molecule has 0 aromatic heterocycles. The number of nitrogens with two attached hydrogens (primary N) is 2. The minimum Gasteiger partial charge on any atom is -0.759 e. The molecule has 0 aliphatic carbocycles. The quantitative estimate of drug-likeness (QED) is 0.276. The maximum absolute atomic E-state index is 8.52. The zero-order valence-electron chi connectivity index (χ0n) is 8.95. The van der Waals surface area contributed by atoms with Crippen molar-refractivity contribution >= 4 is 20.8 Å². The standard InChI is InChI=1S/C2H8N2.Cu.2H2O4S/c3-1-2-4;;2*1-5(2,3)4/h1-4H2;;2*(H2,1,2,3,4)/q;+2;;/p-2. The molecule has 0 saturated heterocycles. The number of hydrogen-bond acceptors (Lipinski definition) is 10. The molecule has 0 atom stereocenters. The van der Waals surface area contributed by atoms with E-state index in [-0.39, 0.29) is 19.9 Å². The van der Waals surface area contributed by atoms with Crippen LogP contribution in [0.25, 0.3) is 0 Å². The molecule has 0 aliphatic heterocycles. The van der Waals surface area contributed by atoms with Gasteiger partial charge in [-0.05, 0) is 0 Å². The van der Waals surface area contributed by atoms with Gasteiger partial charge in [0.2, 0.25) is 0 Å². The zero-order chi connectivity index (χ0) is 12.4. The van der Waals surface area contributed by atoms with E-state index in [4.69, 9.17) is 46.5 Å². The molecule has 15 heavy (non-hydrogen) atoms. The van der Waals surface area contributed by atoms with Crippen LogP contribution in [0.15, 0.2) is 0 Å². The van der Waals surface area contributed by atoms with Crippen molar-refractivity contribution in [3.63, 3.8) is 0 Å². The Morgan fingerprint density at radius 3 is 0.867 bits per heavy atom. The predicted molar refractivity (Wildman–Crippen MR) is 41.3 cm³/mol. The Labute approximate surface area is 101 Å². The van der Waals surface area contributed by atoms with Crippen LogP contribution in [0.5, 0.6) is 0 Å². The fraction of sp³-hybridized carbons (Fsp3) is 1.00. The van der Waals surface area contributed by atoms with Gasteiger partial charge in [-0.15, -0.1) is 0 Å². The van der Waals surface area contributed by atoms with Crippen LogP contribution >= 0.6 is 0 Å². The Morgan fingerprint density at radius 1 is 0.800 bits per heavy atom. The first-order chi connectivity index (χ1) is 5.91. The molecule has 0 aromatic rings. The smallest absolute Gasteiger partial charge is 0.759 e. The third-order valence-corrected chi connectivity index (χ3v) is 0.167. The van der Waals surface area contributed by atoms with E-state index < -0.39 is 20.8 Å². The predicted octanol–water partition coefficient (Wildman–Crippen LogP) is -3.55. The summed E-state index contributed by atoms with van der Waals surface area (Å²) < 4.78 is 68.2. The molecule has 0 bridgehead atoms. The van der Waals surface area contributed by atoms with E-state index in [1.165, 1.54) is 0 Å². The van der Waals surface area contributed by atoms with Gasteiger partial charge in [0, 0.05) is 33.9 Å². The summed E-state index contributed by atoms with van der Waals surface area (Å²) in [5, 5.41) is 0. The van der Waals surface area contributed by atoms with E-state index in [2.05, 4.69) is 0 Å². The second kappa shape index (κ2) is 12.3. The fourth-order valence-corrected chi connectivity index (χ4v) is 0. The summed E-state index contributed by atoms with van der Waals surface area (Å²) in [5.74, 6) is 0. The first-order valence-electron chi connectivity index (χ1n) is 2.65. The van der Waals surface area contributed by atoms with Crippen molar-refractivity contribution in [3.05, 3.63) is 0 Å². The van der Waals surface area contributed by atoms with Crippen LogP contribution in [0, 0.1) is 0 Å². The van der Waals surface area contributed by atoms with Crippen LogP contribution in [-0.2, 0) is 37.9 Å². The Hall–Kier alpha value is 0.179. The van der Waals surface area contributed by atoms with Gasteiger partial charge in [0.1, 0.15) is 0 Å². The summed E-state index contributed by atoms with van der Waals surface area (Å²) in [7, 11) is -10.3. The molecule has 0 aliphatic rings. The first-order valence-corrected chi connectivity index (χ1v) is 5.32. The van der Waals surface area contributed by atoms with Crippen LogP contribution in [0.1, 0.15) is 2.85 Å². The third kappa shape index (κ3) is 1510. The molecule has 10 nitrogen and oxygen atoms in total. The normalized spacial score (nSPS) is 9.73. The van der Waals surface area contributed by atoms with E-state index in [1.54, 1.807) is 0 Å². The topological polar surface area (TPSA) is 213 Å². The summed E-state index contributed by atoms with van der Waals surface area (Å²) >= 11 is 0.